The van der Waals surface area contributed by atoms with Crippen LogP contribution in [0.5, 0.6) is 5.75 Å². The average molecular weight is 392 g/mol. The van der Waals surface area contributed by atoms with Crippen LogP contribution in [0.4, 0.5) is 4.39 Å². The summed E-state index contributed by atoms with van der Waals surface area (Å²) in [6.45, 7) is 2.32. The van der Waals surface area contributed by atoms with Crippen LogP contribution in [-0.2, 0) is 27.8 Å². The second-order valence-electron chi connectivity index (χ2n) is 6.42. The van der Waals surface area contributed by atoms with Crippen molar-refractivity contribution in [3.8, 4) is 5.75 Å². The number of sulfonamides is 1. The smallest absolute Gasteiger partial charge is 0.244 e. The Morgan fingerprint density at radius 2 is 1.96 bits per heavy atom. The van der Waals surface area contributed by atoms with Crippen molar-refractivity contribution in [1.82, 2.24) is 9.62 Å². The third-order valence-corrected chi connectivity index (χ3v) is 6.14. The summed E-state index contributed by atoms with van der Waals surface area (Å²) < 4.78 is 46.1. The minimum absolute atomic E-state index is 0.358. The molecule has 0 unspecified atom stereocenters. The molecule has 1 aliphatic rings. The van der Waals surface area contributed by atoms with Crippen LogP contribution in [-0.4, -0.2) is 38.9 Å². The predicted octanol–water partition coefficient (Wildman–Crippen LogP) is 2.09. The number of ether oxygens (including phenoxy) is 1. The predicted molar refractivity (Wildman–Crippen MR) is 98.3 cm³/mol. The fourth-order valence-corrected chi connectivity index (χ4v) is 4.41. The van der Waals surface area contributed by atoms with Crippen molar-refractivity contribution in [3.05, 3.63) is 59.4 Å². The Morgan fingerprint density at radius 3 is 2.67 bits per heavy atom. The Bertz CT molecular complexity index is 962. The van der Waals surface area contributed by atoms with Gasteiger partial charge in [-0.15, -0.1) is 0 Å². The molecule has 1 aliphatic heterocycles. The Kier molecular flexibility index (Phi) is 5.48. The number of amides is 1. The molecule has 2 aromatic carbocycles. The zero-order chi connectivity index (χ0) is 19.6. The summed E-state index contributed by atoms with van der Waals surface area (Å²) in [7, 11) is -2.56. The number of methoxy groups -OCH3 is 1. The number of carbonyl (C=O) groups is 1. The normalized spacial score (nSPS) is 15.1. The van der Waals surface area contributed by atoms with Crippen LogP contribution in [0.25, 0.3) is 0 Å². The van der Waals surface area contributed by atoms with Crippen LogP contribution in [0.3, 0.4) is 0 Å². The number of halogens is 1. The topological polar surface area (TPSA) is 75.7 Å². The molecule has 0 saturated heterocycles. The van der Waals surface area contributed by atoms with Crippen LogP contribution in [0.1, 0.15) is 18.1 Å². The van der Waals surface area contributed by atoms with Gasteiger partial charge in [0.1, 0.15) is 16.5 Å². The Labute approximate surface area is 158 Å². The number of nitrogens with one attached hydrogen (secondary N) is 1. The molecular weight excluding hydrogens is 371 g/mol. The van der Waals surface area contributed by atoms with Gasteiger partial charge in [0, 0.05) is 13.1 Å². The summed E-state index contributed by atoms with van der Waals surface area (Å²) in [5, 5.41) is 0. The first kappa shape index (κ1) is 19.3. The highest BCUT2D eigenvalue weighted by molar-refractivity contribution is 7.89. The molecule has 0 aliphatic carbocycles. The van der Waals surface area contributed by atoms with E-state index in [1.165, 1.54) is 19.1 Å². The summed E-state index contributed by atoms with van der Waals surface area (Å²) in [5.74, 6) is -0.511. The summed E-state index contributed by atoms with van der Waals surface area (Å²) in [6.07, 6.45) is 0.678. The minimum atomic E-state index is -4.14. The zero-order valence-electron chi connectivity index (χ0n) is 15.1. The molecule has 1 amide bonds. The quantitative estimate of drug-likeness (QED) is 0.845. The third-order valence-electron chi connectivity index (χ3n) is 4.57. The first-order valence-electron chi connectivity index (χ1n) is 8.53. The van der Waals surface area contributed by atoms with Crippen molar-refractivity contribution in [3.63, 3.8) is 0 Å². The highest BCUT2D eigenvalue weighted by Crippen LogP contribution is 2.24. The van der Waals surface area contributed by atoms with Crippen molar-refractivity contribution in [2.24, 2.45) is 0 Å². The van der Waals surface area contributed by atoms with Gasteiger partial charge in [0.2, 0.25) is 15.9 Å². The van der Waals surface area contributed by atoms with E-state index >= 15 is 0 Å². The molecule has 0 saturated carbocycles. The molecule has 144 valence electrons. The van der Waals surface area contributed by atoms with Gasteiger partial charge in [-0.1, -0.05) is 18.2 Å². The van der Waals surface area contributed by atoms with Gasteiger partial charge in [0.25, 0.3) is 0 Å². The largest absolute Gasteiger partial charge is 0.497 e. The van der Waals surface area contributed by atoms with Crippen LogP contribution in [0.2, 0.25) is 0 Å². The molecular formula is C19H21FN2O4S. The van der Waals surface area contributed by atoms with Gasteiger partial charge in [-0.25, -0.2) is 12.8 Å². The molecule has 2 aromatic rings. The monoisotopic (exact) mass is 392 g/mol. The summed E-state index contributed by atoms with van der Waals surface area (Å²) in [6, 6.07) is 9.78. The number of fused-ring (bicyclic) bond motifs is 1. The van der Waals surface area contributed by atoms with Crippen molar-refractivity contribution < 1.29 is 22.3 Å². The van der Waals surface area contributed by atoms with Crippen LogP contribution in [0.15, 0.2) is 47.4 Å². The first-order chi connectivity index (χ1) is 12.8. The molecule has 8 heteroatoms. The molecule has 0 fully saturated rings. The molecule has 1 N–H and O–H groups in total. The van der Waals surface area contributed by atoms with Gasteiger partial charge in [0.05, 0.1) is 13.2 Å². The van der Waals surface area contributed by atoms with Crippen LogP contribution < -0.4 is 9.46 Å². The number of nitrogens with zero attached hydrogens (tertiary/aromatic N) is 1. The summed E-state index contributed by atoms with van der Waals surface area (Å²) in [5.41, 5.74) is 2.11. The molecule has 0 spiro atoms. The fourth-order valence-electron chi connectivity index (χ4n) is 3.13. The van der Waals surface area contributed by atoms with E-state index in [4.69, 9.17) is 4.74 Å². The van der Waals surface area contributed by atoms with Crippen molar-refractivity contribution in [2.45, 2.75) is 30.8 Å². The third kappa shape index (κ3) is 4.12. The van der Waals surface area contributed by atoms with Gasteiger partial charge in [-0.05, 0) is 48.7 Å². The van der Waals surface area contributed by atoms with E-state index in [1.807, 2.05) is 18.2 Å². The molecule has 0 radical (unpaired) electrons. The maximum Gasteiger partial charge on any atom is 0.244 e. The average Bonchev–Trinajstić information content (AvgIpc) is 2.66. The van der Waals surface area contributed by atoms with Gasteiger partial charge >= 0.3 is 0 Å². The van der Waals surface area contributed by atoms with Gasteiger partial charge in [-0.3, -0.25) is 4.79 Å². The maximum atomic E-state index is 13.8. The Balaban J connectivity index is 1.73. The molecule has 27 heavy (non-hydrogen) atoms. The van der Waals surface area contributed by atoms with E-state index in [2.05, 4.69) is 4.72 Å². The molecule has 6 nitrogen and oxygen atoms in total. The van der Waals surface area contributed by atoms with E-state index in [0.717, 1.165) is 23.3 Å². The van der Waals surface area contributed by atoms with Gasteiger partial charge in [-0.2, -0.15) is 4.72 Å². The van der Waals surface area contributed by atoms with Crippen LogP contribution >= 0.6 is 0 Å². The van der Waals surface area contributed by atoms with Crippen molar-refractivity contribution in [1.29, 1.82) is 0 Å². The Morgan fingerprint density at radius 1 is 1.22 bits per heavy atom. The highest BCUT2D eigenvalue weighted by Gasteiger charge is 2.29. The number of hydrogen-bond acceptors (Lipinski definition) is 4. The summed E-state index contributed by atoms with van der Waals surface area (Å²) >= 11 is 0. The number of benzene rings is 2. The molecule has 3 rings (SSSR count). The summed E-state index contributed by atoms with van der Waals surface area (Å²) in [4.78, 5) is 13.9. The van der Waals surface area contributed by atoms with E-state index in [1.54, 1.807) is 12.0 Å². The molecule has 1 heterocycles. The molecule has 0 aromatic heterocycles. The lowest BCUT2D eigenvalue weighted by Gasteiger charge is -2.31. The van der Waals surface area contributed by atoms with E-state index < -0.39 is 26.8 Å². The van der Waals surface area contributed by atoms with E-state index in [-0.39, 0.29) is 5.91 Å². The second-order valence-corrected chi connectivity index (χ2v) is 8.10. The standard InChI is InChI=1S/C19H21FN2O4S/c1-13(21-27(24,25)18-6-4-3-5-17(18)20)19(23)22-10-9-14-7-8-16(26-2)11-15(14)12-22/h3-8,11,13,21H,9-10,12H2,1-2H3/t13-/m0/s1. The highest BCUT2D eigenvalue weighted by atomic mass is 32.2. The van der Waals surface area contributed by atoms with E-state index in [9.17, 15) is 17.6 Å². The minimum Gasteiger partial charge on any atom is -0.497 e. The lowest BCUT2D eigenvalue weighted by atomic mass is 9.99. The van der Waals surface area contributed by atoms with Crippen molar-refractivity contribution in [2.75, 3.05) is 13.7 Å². The fraction of sp³-hybridized carbons (Fsp3) is 0.316. The van der Waals surface area contributed by atoms with E-state index in [0.29, 0.717) is 25.3 Å². The molecule has 0 bridgehead atoms. The van der Waals surface area contributed by atoms with Gasteiger partial charge in [0.15, 0.2) is 0 Å². The second kappa shape index (κ2) is 7.66. The maximum absolute atomic E-state index is 13.8. The number of rotatable bonds is 5. The molecule has 1 atom stereocenters. The number of hydrogen-bond donors (Lipinski definition) is 1. The Hall–Kier alpha value is -2.45. The van der Waals surface area contributed by atoms with Crippen molar-refractivity contribution >= 4 is 15.9 Å². The van der Waals surface area contributed by atoms with Crippen LogP contribution in [0, 0.1) is 5.82 Å². The van der Waals surface area contributed by atoms with Gasteiger partial charge < -0.3 is 9.64 Å². The first-order valence-corrected chi connectivity index (χ1v) is 10.0. The lowest BCUT2D eigenvalue weighted by molar-refractivity contribution is -0.133. The zero-order valence-corrected chi connectivity index (χ0v) is 15.9. The SMILES string of the molecule is COc1ccc2c(c1)CN(C(=O)[C@H](C)NS(=O)(=O)c1ccccc1F)CC2. The number of carbonyl (C=O) groups excluding carboxylic acids is 1. The lowest BCUT2D eigenvalue weighted by Crippen LogP contribution is -2.48.